The molecular formula is C19H23NO2S. The Morgan fingerprint density at radius 2 is 1.70 bits per heavy atom. The first-order valence-electron chi connectivity index (χ1n) is 7.98. The second-order valence-corrected chi connectivity index (χ2v) is 8.71. The lowest BCUT2D eigenvalue weighted by Crippen LogP contribution is -2.35. The summed E-state index contributed by atoms with van der Waals surface area (Å²) >= 11 is 0. The van der Waals surface area contributed by atoms with Crippen LogP contribution in [0.1, 0.15) is 49.4 Å². The van der Waals surface area contributed by atoms with Crippen LogP contribution in [0.4, 0.5) is 0 Å². The van der Waals surface area contributed by atoms with Gasteiger partial charge >= 0.3 is 0 Å². The third-order valence-electron chi connectivity index (χ3n) is 4.75. The number of fused-ring (bicyclic) bond motifs is 1. The van der Waals surface area contributed by atoms with Crippen LogP contribution in [-0.4, -0.2) is 8.42 Å². The molecule has 0 radical (unpaired) electrons. The Balaban J connectivity index is 1.93. The average Bonchev–Trinajstić information content (AvgIpc) is 2.51. The summed E-state index contributed by atoms with van der Waals surface area (Å²) < 4.78 is 28.2. The Hall–Kier alpha value is -1.65. The smallest absolute Gasteiger partial charge is 0.207 e. The van der Waals surface area contributed by atoms with E-state index in [1.807, 2.05) is 37.3 Å². The number of hydrogen-bond donors (Lipinski definition) is 1. The Kier molecular flexibility index (Phi) is 4.07. The summed E-state index contributed by atoms with van der Waals surface area (Å²) in [7, 11) is -3.51. The summed E-state index contributed by atoms with van der Waals surface area (Å²) in [5.74, 6) is 0. The van der Waals surface area contributed by atoms with E-state index in [-0.39, 0.29) is 11.5 Å². The van der Waals surface area contributed by atoms with E-state index in [9.17, 15) is 8.42 Å². The van der Waals surface area contributed by atoms with Gasteiger partial charge in [0.25, 0.3) is 0 Å². The molecule has 2 aromatic carbocycles. The molecule has 0 amide bonds. The Bertz CT molecular complexity index is 808. The third-order valence-corrected chi connectivity index (χ3v) is 6.24. The molecule has 1 aliphatic carbocycles. The lowest BCUT2D eigenvalue weighted by Gasteiger charge is -2.37. The number of nitrogens with one attached hydrogen (secondary N) is 1. The number of hydrogen-bond acceptors (Lipinski definition) is 2. The minimum Gasteiger partial charge on any atom is -0.207 e. The van der Waals surface area contributed by atoms with Crippen LogP contribution in [0, 0.1) is 6.92 Å². The first-order chi connectivity index (χ1) is 10.8. The van der Waals surface area contributed by atoms with Crippen LogP contribution in [0.15, 0.2) is 53.4 Å². The molecule has 2 aromatic rings. The van der Waals surface area contributed by atoms with E-state index in [0.717, 1.165) is 24.0 Å². The minimum absolute atomic E-state index is 0.0857. The molecule has 0 aliphatic heterocycles. The predicted octanol–water partition coefficient (Wildman–Crippen LogP) is 4.09. The molecule has 23 heavy (non-hydrogen) atoms. The largest absolute Gasteiger partial charge is 0.241 e. The summed E-state index contributed by atoms with van der Waals surface area (Å²) in [4.78, 5) is 0.324. The average molecular weight is 329 g/mol. The van der Waals surface area contributed by atoms with Gasteiger partial charge in [0.05, 0.1) is 4.90 Å². The number of sulfonamides is 1. The molecule has 0 fully saturated rings. The fourth-order valence-corrected chi connectivity index (χ4v) is 4.56. The molecule has 1 N–H and O–H groups in total. The van der Waals surface area contributed by atoms with Gasteiger partial charge in [-0.1, -0.05) is 55.8 Å². The quantitative estimate of drug-likeness (QED) is 0.922. The SMILES string of the molecule is Cc1ccc(S(=O)(=O)NC2CCC(C)(C)c3ccccc32)cc1. The maximum absolute atomic E-state index is 12.7. The Morgan fingerprint density at radius 3 is 2.39 bits per heavy atom. The van der Waals surface area contributed by atoms with Crippen molar-refractivity contribution >= 4 is 10.0 Å². The molecule has 3 rings (SSSR count). The summed E-state index contributed by atoms with van der Waals surface area (Å²) in [5.41, 5.74) is 3.47. The van der Waals surface area contributed by atoms with Crippen LogP contribution >= 0.6 is 0 Å². The molecule has 0 saturated carbocycles. The highest BCUT2D eigenvalue weighted by Gasteiger charge is 2.34. The summed E-state index contributed by atoms with van der Waals surface area (Å²) in [6.07, 6.45) is 1.78. The van der Waals surface area contributed by atoms with Gasteiger partial charge in [0, 0.05) is 6.04 Å². The second-order valence-electron chi connectivity index (χ2n) is 7.00. The van der Waals surface area contributed by atoms with Crippen LogP contribution in [0.3, 0.4) is 0 Å². The molecule has 0 spiro atoms. The van der Waals surface area contributed by atoms with E-state index in [1.165, 1.54) is 5.56 Å². The topological polar surface area (TPSA) is 46.2 Å². The van der Waals surface area contributed by atoms with E-state index in [1.54, 1.807) is 12.1 Å². The van der Waals surface area contributed by atoms with E-state index in [2.05, 4.69) is 24.6 Å². The maximum Gasteiger partial charge on any atom is 0.241 e. The number of aryl methyl sites for hydroxylation is 1. The molecule has 0 bridgehead atoms. The number of benzene rings is 2. The van der Waals surface area contributed by atoms with Gasteiger partial charge in [0.15, 0.2) is 0 Å². The maximum atomic E-state index is 12.7. The van der Waals surface area contributed by atoms with Crippen LogP contribution in [0.5, 0.6) is 0 Å². The summed E-state index contributed by atoms with van der Waals surface area (Å²) in [6.45, 7) is 6.39. The predicted molar refractivity (Wildman–Crippen MR) is 92.9 cm³/mol. The van der Waals surface area contributed by atoms with E-state index in [0.29, 0.717) is 4.90 Å². The summed E-state index contributed by atoms with van der Waals surface area (Å²) in [6, 6.07) is 15.0. The highest BCUT2D eigenvalue weighted by Crippen LogP contribution is 2.41. The molecule has 0 saturated heterocycles. The van der Waals surface area contributed by atoms with Crippen LogP contribution < -0.4 is 4.72 Å². The normalized spacial score (nSPS) is 20.0. The van der Waals surface area contributed by atoms with E-state index >= 15 is 0 Å². The van der Waals surface area contributed by atoms with Crippen molar-refractivity contribution in [3.8, 4) is 0 Å². The van der Waals surface area contributed by atoms with Crippen LogP contribution in [0.2, 0.25) is 0 Å². The molecule has 1 aliphatic rings. The zero-order valence-corrected chi connectivity index (χ0v) is 14.7. The van der Waals surface area contributed by atoms with Gasteiger partial charge in [0.2, 0.25) is 10.0 Å². The molecule has 122 valence electrons. The number of rotatable bonds is 3. The molecule has 3 nitrogen and oxygen atoms in total. The van der Waals surface area contributed by atoms with Crippen LogP contribution in [0.25, 0.3) is 0 Å². The monoisotopic (exact) mass is 329 g/mol. The van der Waals surface area contributed by atoms with Gasteiger partial charge in [0.1, 0.15) is 0 Å². The first-order valence-corrected chi connectivity index (χ1v) is 9.46. The Morgan fingerprint density at radius 1 is 1.04 bits per heavy atom. The molecule has 0 heterocycles. The van der Waals surface area contributed by atoms with Crippen molar-refractivity contribution in [2.75, 3.05) is 0 Å². The molecule has 1 atom stereocenters. The second kappa shape index (κ2) is 5.77. The van der Waals surface area contributed by atoms with Crippen molar-refractivity contribution in [2.45, 2.75) is 50.0 Å². The van der Waals surface area contributed by atoms with Gasteiger partial charge in [-0.3, -0.25) is 0 Å². The van der Waals surface area contributed by atoms with Gasteiger partial charge in [-0.05, 0) is 48.4 Å². The van der Waals surface area contributed by atoms with Crippen molar-refractivity contribution in [2.24, 2.45) is 0 Å². The van der Waals surface area contributed by atoms with Crippen molar-refractivity contribution in [1.29, 1.82) is 0 Å². The van der Waals surface area contributed by atoms with Gasteiger partial charge in [-0.25, -0.2) is 13.1 Å². The highest BCUT2D eigenvalue weighted by molar-refractivity contribution is 7.89. The van der Waals surface area contributed by atoms with Crippen molar-refractivity contribution < 1.29 is 8.42 Å². The Labute approximate surface area is 138 Å². The van der Waals surface area contributed by atoms with Gasteiger partial charge < -0.3 is 0 Å². The van der Waals surface area contributed by atoms with Gasteiger partial charge in [-0.15, -0.1) is 0 Å². The minimum atomic E-state index is -3.51. The molecule has 4 heteroatoms. The molecule has 0 aromatic heterocycles. The van der Waals surface area contributed by atoms with Crippen LogP contribution in [-0.2, 0) is 15.4 Å². The fourth-order valence-electron chi connectivity index (χ4n) is 3.31. The van der Waals surface area contributed by atoms with Crippen molar-refractivity contribution in [1.82, 2.24) is 4.72 Å². The summed E-state index contributed by atoms with van der Waals surface area (Å²) in [5, 5.41) is 0. The fraction of sp³-hybridized carbons (Fsp3) is 0.368. The van der Waals surface area contributed by atoms with Crippen molar-refractivity contribution in [3.05, 3.63) is 65.2 Å². The van der Waals surface area contributed by atoms with Gasteiger partial charge in [-0.2, -0.15) is 0 Å². The zero-order valence-electron chi connectivity index (χ0n) is 13.8. The molecular weight excluding hydrogens is 306 g/mol. The highest BCUT2D eigenvalue weighted by atomic mass is 32.2. The zero-order chi connectivity index (χ0) is 16.7. The lowest BCUT2D eigenvalue weighted by atomic mass is 9.71. The third kappa shape index (κ3) is 3.19. The standard InChI is InChI=1S/C19H23NO2S/c1-14-8-10-15(11-9-14)23(21,22)20-18-12-13-19(2,3)17-7-5-4-6-16(17)18/h4-11,18,20H,12-13H2,1-3H3. The molecule has 1 unspecified atom stereocenters. The van der Waals surface area contributed by atoms with Crippen molar-refractivity contribution in [3.63, 3.8) is 0 Å². The van der Waals surface area contributed by atoms with E-state index in [4.69, 9.17) is 0 Å². The first kappa shape index (κ1) is 16.2. The lowest BCUT2D eigenvalue weighted by molar-refractivity contribution is 0.381. The van der Waals surface area contributed by atoms with E-state index < -0.39 is 10.0 Å².